The maximum atomic E-state index is 12.4. The highest BCUT2D eigenvalue weighted by molar-refractivity contribution is 5.85. The van der Waals surface area contributed by atoms with Gasteiger partial charge in [0.1, 0.15) is 31.0 Å². The second-order valence-corrected chi connectivity index (χ2v) is 13.8. The standard InChI is InChI=1S/C29H44O11/c1-26-6-3-15(39-25-24(35)23(34)22(33)19(12-30)40-25)10-28(26,36)7-4-17-21(26)18(31)11-27(2)16(5-8-29(17,27)37)14-9-20(32)38-13-14/h9,15-19,21-25,30-31,33-37H,3-8,10-13H2,1-2H3/t15-,16+,17+,18+,19+,21+,22+,23-,24+,25-,26+,27+,28-,29-/m0/s1. The summed E-state index contributed by atoms with van der Waals surface area (Å²) < 4.78 is 16.7. The number of hydrogen-bond donors (Lipinski definition) is 7. The van der Waals surface area contributed by atoms with Gasteiger partial charge in [-0.25, -0.2) is 4.79 Å². The van der Waals surface area contributed by atoms with Crippen LogP contribution in [-0.4, -0.2) is 109 Å². The zero-order chi connectivity index (χ0) is 28.8. The monoisotopic (exact) mass is 568 g/mol. The molecule has 0 bridgehead atoms. The average molecular weight is 569 g/mol. The fraction of sp³-hybridized carbons (Fsp3) is 0.897. The molecule has 5 fully saturated rings. The number of aliphatic hydroxyl groups excluding tert-OH is 5. The van der Waals surface area contributed by atoms with Gasteiger partial charge in [0.2, 0.25) is 0 Å². The minimum Gasteiger partial charge on any atom is -0.458 e. The molecule has 4 aliphatic carbocycles. The predicted molar refractivity (Wildman–Crippen MR) is 137 cm³/mol. The molecule has 0 amide bonds. The van der Waals surface area contributed by atoms with Gasteiger partial charge in [-0.2, -0.15) is 0 Å². The van der Waals surface area contributed by atoms with E-state index in [4.69, 9.17) is 14.2 Å². The summed E-state index contributed by atoms with van der Waals surface area (Å²) in [6.45, 7) is 3.71. The molecule has 11 heteroatoms. The number of fused-ring (bicyclic) bond motifs is 5. The third-order valence-electron chi connectivity index (χ3n) is 12.2. The van der Waals surface area contributed by atoms with Gasteiger partial charge in [-0.1, -0.05) is 13.8 Å². The molecule has 0 unspecified atom stereocenters. The van der Waals surface area contributed by atoms with Crippen molar-refractivity contribution in [2.75, 3.05) is 13.2 Å². The van der Waals surface area contributed by atoms with E-state index in [1.165, 1.54) is 6.08 Å². The first-order chi connectivity index (χ1) is 18.8. The van der Waals surface area contributed by atoms with Gasteiger partial charge in [-0.05, 0) is 68.3 Å². The molecule has 6 rings (SSSR count). The molecule has 2 heterocycles. The summed E-state index contributed by atoms with van der Waals surface area (Å²) in [7, 11) is 0. The van der Waals surface area contributed by atoms with Crippen molar-refractivity contribution in [3.05, 3.63) is 11.6 Å². The van der Waals surface area contributed by atoms with Crippen LogP contribution in [0, 0.1) is 28.6 Å². The first kappa shape index (κ1) is 28.9. The summed E-state index contributed by atoms with van der Waals surface area (Å²) in [5, 5.41) is 76.4. The van der Waals surface area contributed by atoms with Gasteiger partial charge < -0.3 is 50.0 Å². The summed E-state index contributed by atoms with van der Waals surface area (Å²) in [5.41, 5.74) is -2.70. The van der Waals surface area contributed by atoms with E-state index in [1.807, 2.05) is 13.8 Å². The molecule has 226 valence electrons. The molecule has 6 aliphatic rings. The minimum absolute atomic E-state index is 0.0594. The molecule has 0 radical (unpaired) electrons. The second-order valence-electron chi connectivity index (χ2n) is 13.8. The lowest BCUT2D eigenvalue weighted by atomic mass is 9.41. The van der Waals surface area contributed by atoms with Gasteiger partial charge in [-0.3, -0.25) is 0 Å². The maximum Gasteiger partial charge on any atom is 0.331 e. The fourth-order valence-corrected chi connectivity index (χ4v) is 9.95. The molecule has 40 heavy (non-hydrogen) atoms. The highest BCUT2D eigenvalue weighted by Gasteiger charge is 2.72. The molecule has 1 saturated heterocycles. The van der Waals surface area contributed by atoms with Crippen molar-refractivity contribution in [2.45, 2.75) is 119 Å². The number of hydrogen-bond acceptors (Lipinski definition) is 11. The predicted octanol–water partition coefficient (Wildman–Crippen LogP) is -0.486. The van der Waals surface area contributed by atoms with Crippen molar-refractivity contribution in [3.8, 4) is 0 Å². The van der Waals surface area contributed by atoms with E-state index in [-0.39, 0.29) is 36.8 Å². The Morgan fingerprint density at radius 1 is 0.950 bits per heavy atom. The number of aliphatic hydroxyl groups is 7. The molecule has 4 saturated carbocycles. The van der Waals surface area contributed by atoms with Crippen LogP contribution in [0.5, 0.6) is 0 Å². The highest BCUT2D eigenvalue weighted by Crippen LogP contribution is 2.70. The Hall–Kier alpha value is -1.15. The van der Waals surface area contributed by atoms with Gasteiger partial charge in [0, 0.05) is 23.3 Å². The number of ether oxygens (including phenoxy) is 3. The molecular formula is C29H44O11. The first-order valence-electron chi connectivity index (χ1n) is 14.7. The molecule has 2 aliphatic heterocycles. The topological polar surface area (TPSA) is 186 Å². The van der Waals surface area contributed by atoms with Gasteiger partial charge in [0.25, 0.3) is 0 Å². The van der Waals surface area contributed by atoms with Crippen molar-refractivity contribution in [1.29, 1.82) is 0 Å². The van der Waals surface area contributed by atoms with Crippen LogP contribution < -0.4 is 0 Å². The highest BCUT2D eigenvalue weighted by atomic mass is 16.7. The lowest BCUT2D eigenvalue weighted by molar-refractivity contribution is -0.327. The Kier molecular flexibility index (Phi) is 7.01. The van der Waals surface area contributed by atoms with Crippen LogP contribution >= 0.6 is 0 Å². The maximum absolute atomic E-state index is 12.4. The van der Waals surface area contributed by atoms with Crippen molar-refractivity contribution in [1.82, 2.24) is 0 Å². The molecule has 0 aromatic carbocycles. The average Bonchev–Trinajstić information content (AvgIpc) is 3.44. The lowest BCUT2D eigenvalue weighted by Crippen LogP contribution is -2.71. The summed E-state index contributed by atoms with van der Waals surface area (Å²) >= 11 is 0. The van der Waals surface area contributed by atoms with Crippen molar-refractivity contribution in [2.24, 2.45) is 28.6 Å². The lowest BCUT2D eigenvalue weighted by Gasteiger charge is -2.67. The Morgan fingerprint density at radius 3 is 2.38 bits per heavy atom. The third kappa shape index (κ3) is 3.92. The number of esters is 1. The van der Waals surface area contributed by atoms with E-state index >= 15 is 0 Å². The molecule has 7 N–H and O–H groups in total. The first-order valence-corrected chi connectivity index (χ1v) is 14.7. The van der Waals surface area contributed by atoms with Gasteiger partial charge >= 0.3 is 5.97 Å². The normalized spacial score (nSPS) is 56.1. The van der Waals surface area contributed by atoms with E-state index in [0.717, 1.165) is 5.57 Å². The quantitative estimate of drug-likeness (QED) is 0.171. The van der Waals surface area contributed by atoms with E-state index in [9.17, 15) is 40.5 Å². The fourth-order valence-electron chi connectivity index (χ4n) is 9.95. The largest absolute Gasteiger partial charge is 0.458 e. The molecule has 0 aromatic rings. The van der Waals surface area contributed by atoms with Crippen LogP contribution in [0.15, 0.2) is 11.6 Å². The summed E-state index contributed by atoms with van der Waals surface area (Å²) in [5.74, 6) is -0.984. The Bertz CT molecular complexity index is 1050. The van der Waals surface area contributed by atoms with E-state index in [2.05, 4.69) is 0 Å². The van der Waals surface area contributed by atoms with Gasteiger partial charge in [0.05, 0.1) is 30.0 Å². The molecule has 11 nitrogen and oxygen atoms in total. The number of carbonyl (C=O) groups is 1. The Labute approximate surface area is 233 Å². The smallest absolute Gasteiger partial charge is 0.331 e. The minimum atomic E-state index is -1.55. The second kappa shape index (κ2) is 9.68. The van der Waals surface area contributed by atoms with Crippen LogP contribution in [0.25, 0.3) is 0 Å². The molecule has 0 aromatic heterocycles. The van der Waals surface area contributed by atoms with Gasteiger partial charge in [-0.15, -0.1) is 0 Å². The third-order valence-corrected chi connectivity index (χ3v) is 12.2. The van der Waals surface area contributed by atoms with Crippen molar-refractivity contribution >= 4 is 5.97 Å². The van der Waals surface area contributed by atoms with Crippen LogP contribution in [0.4, 0.5) is 0 Å². The summed E-state index contributed by atoms with van der Waals surface area (Å²) in [4.78, 5) is 11.8. The SMILES string of the molecule is C[C@]12CC[C@H](O[C@H]3O[C@H](CO)[C@@H](O)[C@H](O)[C@H]3O)C[C@@]1(O)CC[C@@H]1[C@@H]2[C@H](O)C[C@]2(C)[C@@H](C3=CC(=O)OC3)CC[C@]12O. The Morgan fingerprint density at radius 2 is 1.70 bits per heavy atom. The zero-order valence-electron chi connectivity index (χ0n) is 23.2. The molecule has 0 spiro atoms. The Balaban J connectivity index is 1.22. The number of cyclic esters (lactones) is 1. The van der Waals surface area contributed by atoms with Crippen molar-refractivity contribution < 1.29 is 54.8 Å². The van der Waals surface area contributed by atoms with Crippen LogP contribution in [0.2, 0.25) is 0 Å². The molecular weight excluding hydrogens is 524 g/mol. The van der Waals surface area contributed by atoms with Crippen LogP contribution in [-0.2, 0) is 19.0 Å². The number of rotatable bonds is 4. The summed E-state index contributed by atoms with van der Waals surface area (Å²) in [6.07, 6.45) is -2.86. The van der Waals surface area contributed by atoms with Crippen LogP contribution in [0.3, 0.4) is 0 Å². The number of carbonyl (C=O) groups excluding carboxylic acids is 1. The zero-order valence-corrected chi connectivity index (χ0v) is 23.2. The van der Waals surface area contributed by atoms with E-state index < -0.39 is 71.6 Å². The molecule has 14 atom stereocenters. The van der Waals surface area contributed by atoms with Gasteiger partial charge in [0.15, 0.2) is 6.29 Å². The van der Waals surface area contributed by atoms with Crippen LogP contribution in [0.1, 0.15) is 65.2 Å². The van der Waals surface area contributed by atoms with E-state index in [1.54, 1.807) is 0 Å². The summed E-state index contributed by atoms with van der Waals surface area (Å²) in [6, 6.07) is 0. The van der Waals surface area contributed by atoms with E-state index in [0.29, 0.717) is 44.9 Å². The van der Waals surface area contributed by atoms with Crippen molar-refractivity contribution in [3.63, 3.8) is 0 Å².